The maximum Gasteiger partial charge on any atom is 0.0304 e. The minimum Gasteiger partial charge on any atom is -0.306 e. The lowest BCUT2D eigenvalue weighted by molar-refractivity contribution is -0.0204. The molecule has 4 saturated carbocycles. The third kappa shape index (κ3) is 1.86. The molecular weight excluding hydrogens is 226 g/mol. The Bertz CT molecular complexity index is 360. The van der Waals surface area contributed by atoms with Gasteiger partial charge in [-0.2, -0.15) is 0 Å². The summed E-state index contributed by atoms with van der Waals surface area (Å²) in [4.78, 5) is 1.50. The minimum absolute atomic E-state index is 0.527. The Kier molecular flexibility index (Phi) is 2.38. The second-order valence-electron chi connectivity index (χ2n) is 6.63. The Balaban J connectivity index is 1.49. The minimum atomic E-state index is 0.527. The molecule has 4 aliphatic rings. The van der Waals surface area contributed by atoms with Gasteiger partial charge in [-0.3, -0.25) is 0 Å². The third-order valence-electron chi connectivity index (χ3n) is 5.26. The lowest BCUT2D eigenvalue weighted by Gasteiger charge is -2.57. The van der Waals surface area contributed by atoms with Gasteiger partial charge < -0.3 is 5.32 Å². The molecule has 0 aromatic carbocycles. The molecule has 4 bridgehead atoms. The van der Waals surface area contributed by atoms with Crippen molar-refractivity contribution in [2.24, 2.45) is 17.8 Å². The van der Waals surface area contributed by atoms with Crippen molar-refractivity contribution >= 4 is 11.3 Å². The van der Waals surface area contributed by atoms with E-state index in [2.05, 4.69) is 22.8 Å². The molecule has 5 rings (SSSR count). The fourth-order valence-electron chi connectivity index (χ4n) is 5.01. The molecule has 4 aliphatic carbocycles. The molecule has 0 saturated heterocycles. The molecule has 2 heteroatoms. The highest BCUT2D eigenvalue weighted by Crippen LogP contribution is 2.55. The van der Waals surface area contributed by atoms with Crippen molar-refractivity contribution in [1.82, 2.24) is 5.32 Å². The Labute approximate surface area is 108 Å². The second kappa shape index (κ2) is 3.83. The van der Waals surface area contributed by atoms with Crippen molar-refractivity contribution in [3.63, 3.8) is 0 Å². The zero-order valence-electron chi connectivity index (χ0n) is 10.3. The highest BCUT2D eigenvalue weighted by Gasteiger charge is 2.50. The summed E-state index contributed by atoms with van der Waals surface area (Å²) < 4.78 is 0. The molecule has 92 valence electrons. The second-order valence-corrected chi connectivity index (χ2v) is 7.66. The van der Waals surface area contributed by atoms with E-state index in [9.17, 15) is 0 Å². The summed E-state index contributed by atoms with van der Waals surface area (Å²) in [6.07, 6.45) is 9.01. The third-order valence-corrected chi connectivity index (χ3v) is 6.13. The first kappa shape index (κ1) is 10.6. The van der Waals surface area contributed by atoms with Gasteiger partial charge in [0, 0.05) is 17.0 Å². The van der Waals surface area contributed by atoms with Gasteiger partial charge in [0.1, 0.15) is 0 Å². The van der Waals surface area contributed by atoms with Crippen LogP contribution in [-0.4, -0.2) is 5.54 Å². The first-order valence-corrected chi connectivity index (χ1v) is 7.97. The zero-order chi connectivity index (χ0) is 11.3. The van der Waals surface area contributed by atoms with E-state index < -0.39 is 0 Å². The smallest absolute Gasteiger partial charge is 0.0304 e. The monoisotopic (exact) mass is 247 g/mol. The summed E-state index contributed by atoms with van der Waals surface area (Å²) in [6, 6.07) is 4.43. The summed E-state index contributed by atoms with van der Waals surface area (Å²) in [5, 5.41) is 6.13. The predicted molar refractivity (Wildman–Crippen MR) is 72.1 cm³/mol. The van der Waals surface area contributed by atoms with Crippen LogP contribution in [0.25, 0.3) is 0 Å². The van der Waals surface area contributed by atoms with E-state index >= 15 is 0 Å². The standard InChI is InChI=1S/C15H21NS/c1-2-14(17-3-1)10-16-15-7-11-4-12(8-15)6-13(5-11)9-15/h1-3,11-13,16H,4-10H2. The largest absolute Gasteiger partial charge is 0.306 e. The van der Waals surface area contributed by atoms with Crippen molar-refractivity contribution in [3.8, 4) is 0 Å². The van der Waals surface area contributed by atoms with E-state index in [-0.39, 0.29) is 0 Å². The molecular formula is C15H21NS. The molecule has 0 amide bonds. The fraction of sp³-hybridized carbons (Fsp3) is 0.733. The summed E-state index contributed by atoms with van der Waals surface area (Å²) in [6.45, 7) is 1.10. The maximum absolute atomic E-state index is 3.94. The number of hydrogen-bond donors (Lipinski definition) is 1. The number of hydrogen-bond acceptors (Lipinski definition) is 2. The van der Waals surface area contributed by atoms with E-state index in [1.165, 1.54) is 24.1 Å². The summed E-state index contributed by atoms with van der Waals surface area (Å²) in [7, 11) is 0. The first-order chi connectivity index (χ1) is 8.31. The molecule has 1 aromatic rings. The molecule has 1 nitrogen and oxygen atoms in total. The van der Waals surface area contributed by atoms with Crippen molar-refractivity contribution < 1.29 is 0 Å². The van der Waals surface area contributed by atoms with E-state index in [4.69, 9.17) is 0 Å². The predicted octanol–water partition coefficient (Wildman–Crippen LogP) is 3.81. The van der Waals surface area contributed by atoms with E-state index in [0.717, 1.165) is 24.3 Å². The summed E-state index contributed by atoms with van der Waals surface area (Å²) in [5.74, 6) is 3.16. The molecule has 1 aromatic heterocycles. The van der Waals surface area contributed by atoms with Crippen LogP contribution in [0.1, 0.15) is 43.4 Å². The van der Waals surface area contributed by atoms with Crippen LogP contribution in [0.15, 0.2) is 17.5 Å². The van der Waals surface area contributed by atoms with Crippen molar-refractivity contribution in [2.45, 2.75) is 50.6 Å². The van der Waals surface area contributed by atoms with Crippen molar-refractivity contribution in [3.05, 3.63) is 22.4 Å². The summed E-state index contributed by atoms with van der Waals surface area (Å²) >= 11 is 1.89. The van der Waals surface area contributed by atoms with E-state index in [1.807, 2.05) is 11.3 Å². The van der Waals surface area contributed by atoms with Crippen LogP contribution in [0, 0.1) is 17.8 Å². The van der Waals surface area contributed by atoms with Gasteiger partial charge in [-0.25, -0.2) is 0 Å². The molecule has 0 aliphatic heterocycles. The van der Waals surface area contributed by atoms with Crippen LogP contribution >= 0.6 is 11.3 Å². The normalized spacial score (nSPS) is 43.2. The highest BCUT2D eigenvalue weighted by atomic mass is 32.1. The van der Waals surface area contributed by atoms with Gasteiger partial charge in [0.05, 0.1) is 0 Å². The fourth-order valence-corrected chi connectivity index (χ4v) is 5.66. The molecule has 17 heavy (non-hydrogen) atoms. The SMILES string of the molecule is c1csc(CNC23CC4CC(CC(C4)C2)C3)c1. The van der Waals surface area contributed by atoms with Crippen LogP contribution in [0.3, 0.4) is 0 Å². The van der Waals surface area contributed by atoms with Crippen LogP contribution in [0.2, 0.25) is 0 Å². The molecule has 0 spiro atoms. The Morgan fingerprint density at radius 1 is 1.12 bits per heavy atom. The molecule has 0 radical (unpaired) electrons. The molecule has 4 fully saturated rings. The van der Waals surface area contributed by atoms with E-state index in [0.29, 0.717) is 5.54 Å². The molecule has 1 heterocycles. The van der Waals surface area contributed by atoms with Gasteiger partial charge in [0.2, 0.25) is 0 Å². The van der Waals surface area contributed by atoms with E-state index in [1.54, 1.807) is 19.3 Å². The van der Waals surface area contributed by atoms with Crippen LogP contribution in [-0.2, 0) is 6.54 Å². The molecule has 0 atom stereocenters. The quantitative estimate of drug-likeness (QED) is 0.856. The molecule has 0 unspecified atom stereocenters. The van der Waals surface area contributed by atoms with Crippen LogP contribution < -0.4 is 5.32 Å². The summed E-state index contributed by atoms with van der Waals surface area (Å²) in [5.41, 5.74) is 0.527. The topological polar surface area (TPSA) is 12.0 Å². The number of nitrogens with one attached hydrogen (secondary N) is 1. The lowest BCUT2D eigenvalue weighted by atomic mass is 9.53. The maximum atomic E-state index is 3.94. The van der Waals surface area contributed by atoms with Gasteiger partial charge >= 0.3 is 0 Å². The molecule has 1 N–H and O–H groups in total. The van der Waals surface area contributed by atoms with Crippen molar-refractivity contribution in [1.29, 1.82) is 0 Å². The van der Waals surface area contributed by atoms with Gasteiger partial charge in [-0.05, 0) is 67.7 Å². The Hall–Kier alpha value is -0.340. The average molecular weight is 247 g/mol. The Morgan fingerprint density at radius 3 is 2.29 bits per heavy atom. The van der Waals surface area contributed by atoms with Gasteiger partial charge in [0.25, 0.3) is 0 Å². The van der Waals surface area contributed by atoms with Gasteiger partial charge in [0.15, 0.2) is 0 Å². The van der Waals surface area contributed by atoms with Gasteiger partial charge in [-0.15, -0.1) is 11.3 Å². The average Bonchev–Trinajstić information content (AvgIpc) is 2.77. The van der Waals surface area contributed by atoms with Gasteiger partial charge in [-0.1, -0.05) is 6.07 Å². The first-order valence-electron chi connectivity index (χ1n) is 7.09. The number of rotatable bonds is 3. The lowest BCUT2D eigenvalue weighted by Crippen LogP contribution is -2.58. The van der Waals surface area contributed by atoms with Crippen LogP contribution in [0.5, 0.6) is 0 Å². The Morgan fingerprint density at radius 2 is 1.76 bits per heavy atom. The van der Waals surface area contributed by atoms with Crippen molar-refractivity contribution in [2.75, 3.05) is 0 Å². The number of thiophene rings is 1. The zero-order valence-corrected chi connectivity index (χ0v) is 11.1. The van der Waals surface area contributed by atoms with Crippen LogP contribution in [0.4, 0.5) is 0 Å². The highest BCUT2D eigenvalue weighted by molar-refractivity contribution is 7.09.